The molecule has 1 heterocycles. The maximum atomic E-state index is 13.7. The SMILES string of the molecule is COCCCN(C(=O)COc1ccc(Cl)cc1)C(C)c1nc2ccccc2c(=O)n1-c1ccc(C)cc1. The van der Waals surface area contributed by atoms with Crippen LogP contribution in [0.5, 0.6) is 5.75 Å². The molecule has 0 aliphatic carbocycles. The molecule has 3 aromatic carbocycles. The Morgan fingerprint density at radius 1 is 1.05 bits per heavy atom. The zero-order chi connectivity index (χ0) is 26.4. The Balaban J connectivity index is 1.73. The molecule has 0 spiro atoms. The van der Waals surface area contributed by atoms with Gasteiger partial charge in [0, 0.05) is 25.3 Å². The molecule has 1 unspecified atom stereocenters. The van der Waals surface area contributed by atoms with Crippen LogP contribution in [0.2, 0.25) is 5.02 Å². The summed E-state index contributed by atoms with van der Waals surface area (Å²) < 4.78 is 12.6. The van der Waals surface area contributed by atoms with Gasteiger partial charge in [-0.05, 0) is 68.8 Å². The number of rotatable bonds is 10. The smallest absolute Gasteiger partial charge is 0.266 e. The number of ether oxygens (including phenoxy) is 2. The molecule has 0 aliphatic heterocycles. The van der Waals surface area contributed by atoms with Gasteiger partial charge in [-0.2, -0.15) is 0 Å². The lowest BCUT2D eigenvalue weighted by Crippen LogP contribution is -2.40. The molecule has 4 aromatic rings. The van der Waals surface area contributed by atoms with Crippen LogP contribution in [0.4, 0.5) is 0 Å². The van der Waals surface area contributed by atoms with E-state index in [1.165, 1.54) is 0 Å². The minimum atomic E-state index is -0.517. The molecule has 8 heteroatoms. The summed E-state index contributed by atoms with van der Waals surface area (Å²) in [6.07, 6.45) is 0.621. The van der Waals surface area contributed by atoms with Crippen molar-refractivity contribution in [3.63, 3.8) is 0 Å². The Kier molecular flexibility index (Phi) is 8.58. The van der Waals surface area contributed by atoms with Crippen molar-refractivity contribution < 1.29 is 14.3 Å². The number of aromatic nitrogens is 2. The number of nitrogens with zero attached hydrogens (tertiary/aromatic N) is 3. The first kappa shape index (κ1) is 26.4. The van der Waals surface area contributed by atoms with E-state index < -0.39 is 6.04 Å². The van der Waals surface area contributed by atoms with Crippen molar-refractivity contribution in [2.45, 2.75) is 26.3 Å². The van der Waals surface area contributed by atoms with E-state index in [9.17, 15) is 9.59 Å². The normalized spacial score (nSPS) is 11.9. The minimum absolute atomic E-state index is 0.165. The van der Waals surface area contributed by atoms with Gasteiger partial charge in [-0.3, -0.25) is 14.2 Å². The van der Waals surface area contributed by atoms with Crippen LogP contribution in [-0.2, 0) is 9.53 Å². The Labute approximate surface area is 221 Å². The summed E-state index contributed by atoms with van der Waals surface area (Å²) >= 11 is 5.96. The number of halogens is 1. The summed E-state index contributed by atoms with van der Waals surface area (Å²) in [6.45, 7) is 4.61. The predicted molar refractivity (Wildman–Crippen MR) is 146 cm³/mol. The van der Waals surface area contributed by atoms with E-state index in [4.69, 9.17) is 26.1 Å². The molecule has 7 nitrogen and oxygen atoms in total. The second-order valence-electron chi connectivity index (χ2n) is 8.82. The largest absolute Gasteiger partial charge is 0.484 e. The molecule has 0 saturated carbocycles. The lowest BCUT2D eigenvalue weighted by atomic mass is 10.1. The molecule has 0 aliphatic rings. The van der Waals surface area contributed by atoms with E-state index in [1.54, 1.807) is 46.9 Å². The van der Waals surface area contributed by atoms with Gasteiger partial charge in [0.15, 0.2) is 6.61 Å². The molecular formula is C29H30ClN3O4. The van der Waals surface area contributed by atoms with E-state index in [-0.39, 0.29) is 18.1 Å². The summed E-state index contributed by atoms with van der Waals surface area (Å²) in [5.41, 5.74) is 2.17. The third kappa shape index (κ3) is 6.18. The van der Waals surface area contributed by atoms with Gasteiger partial charge in [0.1, 0.15) is 11.6 Å². The Hall–Kier alpha value is -3.68. The Bertz CT molecular complexity index is 1420. The van der Waals surface area contributed by atoms with E-state index in [1.807, 2.05) is 56.3 Å². The molecule has 0 saturated heterocycles. The van der Waals surface area contributed by atoms with Crippen LogP contribution in [-0.4, -0.2) is 47.2 Å². The molecule has 0 N–H and O–H groups in total. The summed E-state index contributed by atoms with van der Waals surface area (Å²) in [5.74, 6) is 0.795. The van der Waals surface area contributed by atoms with Gasteiger partial charge in [-0.25, -0.2) is 4.98 Å². The van der Waals surface area contributed by atoms with E-state index in [0.717, 1.165) is 5.56 Å². The maximum absolute atomic E-state index is 13.7. The molecule has 1 aromatic heterocycles. The minimum Gasteiger partial charge on any atom is -0.484 e. The first-order chi connectivity index (χ1) is 17.9. The third-order valence-corrected chi connectivity index (χ3v) is 6.43. The van der Waals surface area contributed by atoms with Gasteiger partial charge in [0.05, 0.1) is 22.6 Å². The highest BCUT2D eigenvalue weighted by atomic mass is 35.5. The zero-order valence-corrected chi connectivity index (χ0v) is 21.9. The molecule has 1 amide bonds. The maximum Gasteiger partial charge on any atom is 0.266 e. The summed E-state index contributed by atoms with van der Waals surface area (Å²) in [7, 11) is 1.62. The monoisotopic (exact) mass is 519 g/mol. The lowest BCUT2D eigenvalue weighted by molar-refractivity contribution is -0.136. The predicted octanol–water partition coefficient (Wildman–Crippen LogP) is 5.35. The van der Waals surface area contributed by atoms with Crippen LogP contribution in [0.15, 0.2) is 77.6 Å². The standard InChI is InChI=1S/C29H30ClN3O4/c1-20-9-13-23(14-10-20)33-28(31-26-8-5-4-7-25(26)29(33)35)21(2)32(17-6-18-36-3)27(34)19-37-24-15-11-22(30)12-16-24/h4-5,7-16,21H,6,17-19H2,1-3H3. The van der Waals surface area contributed by atoms with Crippen LogP contribution in [0.1, 0.15) is 30.8 Å². The van der Waals surface area contributed by atoms with Crippen molar-refractivity contribution in [1.82, 2.24) is 14.5 Å². The number of fused-ring (bicyclic) bond motifs is 1. The first-order valence-electron chi connectivity index (χ1n) is 12.1. The van der Waals surface area contributed by atoms with E-state index >= 15 is 0 Å². The number of carbonyl (C=O) groups is 1. The second kappa shape index (κ2) is 12.0. The summed E-state index contributed by atoms with van der Waals surface area (Å²) in [5, 5.41) is 1.10. The van der Waals surface area contributed by atoms with Crippen LogP contribution in [0.25, 0.3) is 16.6 Å². The van der Waals surface area contributed by atoms with Crippen molar-refractivity contribution in [3.05, 3.63) is 99.6 Å². The van der Waals surface area contributed by atoms with Gasteiger partial charge in [-0.1, -0.05) is 41.4 Å². The molecule has 192 valence electrons. The van der Waals surface area contributed by atoms with Gasteiger partial charge in [-0.15, -0.1) is 0 Å². The zero-order valence-electron chi connectivity index (χ0n) is 21.2. The topological polar surface area (TPSA) is 73.7 Å². The number of amides is 1. The Morgan fingerprint density at radius 3 is 2.46 bits per heavy atom. The number of aryl methyl sites for hydroxylation is 1. The fraction of sp³-hybridized carbons (Fsp3) is 0.276. The molecule has 0 radical (unpaired) electrons. The Morgan fingerprint density at radius 2 is 1.76 bits per heavy atom. The number of carbonyl (C=O) groups excluding carboxylic acids is 1. The average molecular weight is 520 g/mol. The fourth-order valence-corrected chi connectivity index (χ4v) is 4.31. The molecule has 1 atom stereocenters. The van der Waals surface area contributed by atoms with Crippen LogP contribution < -0.4 is 10.3 Å². The number of methoxy groups -OCH3 is 1. The van der Waals surface area contributed by atoms with Crippen molar-refractivity contribution in [3.8, 4) is 11.4 Å². The van der Waals surface area contributed by atoms with Crippen molar-refractivity contribution in [2.24, 2.45) is 0 Å². The van der Waals surface area contributed by atoms with Crippen LogP contribution in [0, 0.1) is 6.92 Å². The summed E-state index contributed by atoms with van der Waals surface area (Å²) in [6, 6.07) is 21.3. The number of hydrogen-bond donors (Lipinski definition) is 0. The molecule has 0 fully saturated rings. The highest BCUT2D eigenvalue weighted by Gasteiger charge is 2.27. The van der Waals surface area contributed by atoms with Gasteiger partial charge in [0.2, 0.25) is 0 Å². The lowest BCUT2D eigenvalue weighted by Gasteiger charge is -2.30. The van der Waals surface area contributed by atoms with Gasteiger partial charge in [0.25, 0.3) is 11.5 Å². The number of para-hydroxylation sites is 1. The molecule has 0 bridgehead atoms. The second-order valence-corrected chi connectivity index (χ2v) is 9.25. The average Bonchev–Trinajstić information content (AvgIpc) is 2.91. The van der Waals surface area contributed by atoms with Crippen LogP contribution >= 0.6 is 11.6 Å². The fourth-order valence-electron chi connectivity index (χ4n) is 4.19. The van der Waals surface area contributed by atoms with Crippen molar-refractivity contribution >= 4 is 28.4 Å². The van der Waals surface area contributed by atoms with Crippen molar-refractivity contribution in [2.75, 3.05) is 26.9 Å². The van der Waals surface area contributed by atoms with Gasteiger partial charge < -0.3 is 14.4 Å². The third-order valence-electron chi connectivity index (χ3n) is 6.18. The number of benzene rings is 3. The number of hydrogen-bond acceptors (Lipinski definition) is 5. The molecule has 4 rings (SSSR count). The first-order valence-corrected chi connectivity index (χ1v) is 12.5. The van der Waals surface area contributed by atoms with Gasteiger partial charge >= 0.3 is 0 Å². The quantitative estimate of drug-likeness (QED) is 0.264. The molecule has 37 heavy (non-hydrogen) atoms. The van der Waals surface area contributed by atoms with Crippen molar-refractivity contribution in [1.29, 1.82) is 0 Å². The highest BCUT2D eigenvalue weighted by molar-refractivity contribution is 6.30. The summed E-state index contributed by atoms with van der Waals surface area (Å²) in [4.78, 5) is 33.7. The highest BCUT2D eigenvalue weighted by Crippen LogP contribution is 2.24. The van der Waals surface area contributed by atoms with E-state index in [0.29, 0.717) is 52.8 Å². The van der Waals surface area contributed by atoms with Crippen LogP contribution in [0.3, 0.4) is 0 Å². The molecular weight excluding hydrogens is 490 g/mol. The van der Waals surface area contributed by atoms with E-state index in [2.05, 4.69) is 0 Å².